The summed E-state index contributed by atoms with van der Waals surface area (Å²) in [4.78, 5) is 10.6. The molecule has 0 atom stereocenters. The van der Waals surface area contributed by atoms with Crippen molar-refractivity contribution in [3.8, 4) is 5.75 Å². The molecule has 0 heterocycles. The van der Waals surface area contributed by atoms with Gasteiger partial charge in [0.25, 0.3) is 0 Å². The minimum absolute atomic E-state index is 0.0929. The monoisotopic (exact) mass is 312 g/mol. The molecule has 0 unspecified atom stereocenters. The quantitative estimate of drug-likeness (QED) is 0.588. The molecule has 1 N–H and O–H groups in total. The maximum Gasteiger partial charge on any atom is 0.328 e. The Balaban J connectivity index is 2.72. The van der Waals surface area contributed by atoms with E-state index < -0.39 is 15.8 Å². The van der Waals surface area contributed by atoms with E-state index in [2.05, 4.69) is 0 Å². The predicted octanol–water partition coefficient (Wildman–Crippen LogP) is 2.30. The van der Waals surface area contributed by atoms with Crippen LogP contribution in [0.3, 0.4) is 0 Å². The van der Waals surface area contributed by atoms with Crippen LogP contribution in [0.15, 0.2) is 24.3 Å². The molecular formula is C15H20O5S. The molecule has 0 aliphatic heterocycles. The zero-order valence-electron chi connectivity index (χ0n) is 12.2. The highest BCUT2D eigenvalue weighted by Gasteiger charge is 2.09. The van der Waals surface area contributed by atoms with Gasteiger partial charge in [0, 0.05) is 17.4 Å². The number of carboxylic acids is 1. The SMILES string of the molecule is CCS(=O)(=O)CCCOc1c(C)cccc1/C=C/C(=O)O. The van der Waals surface area contributed by atoms with E-state index in [4.69, 9.17) is 9.84 Å². The fraction of sp³-hybridized carbons (Fsp3) is 0.400. The second-order valence-electron chi connectivity index (χ2n) is 4.60. The van der Waals surface area contributed by atoms with E-state index in [1.54, 1.807) is 13.0 Å². The van der Waals surface area contributed by atoms with Crippen molar-refractivity contribution >= 4 is 21.9 Å². The molecule has 1 aromatic rings. The third-order valence-corrected chi connectivity index (χ3v) is 4.72. The lowest BCUT2D eigenvalue weighted by Gasteiger charge is -2.12. The Morgan fingerprint density at radius 1 is 1.38 bits per heavy atom. The number of aryl methyl sites for hydroxylation is 1. The van der Waals surface area contributed by atoms with Crippen LogP contribution in [0.1, 0.15) is 24.5 Å². The van der Waals surface area contributed by atoms with Crippen molar-refractivity contribution < 1.29 is 23.1 Å². The molecule has 0 spiro atoms. The lowest BCUT2D eigenvalue weighted by Crippen LogP contribution is -2.12. The number of aliphatic carboxylic acids is 1. The first-order valence-corrected chi connectivity index (χ1v) is 8.51. The molecule has 0 radical (unpaired) electrons. The summed E-state index contributed by atoms with van der Waals surface area (Å²) in [6.07, 6.45) is 2.92. The van der Waals surface area contributed by atoms with E-state index in [1.165, 1.54) is 6.08 Å². The summed E-state index contributed by atoms with van der Waals surface area (Å²) in [7, 11) is -2.99. The third kappa shape index (κ3) is 5.99. The molecule has 0 aliphatic carbocycles. The Bertz CT molecular complexity index is 617. The Morgan fingerprint density at radius 2 is 2.10 bits per heavy atom. The van der Waals surface area contributed by atoms with Gasteiger partial charge in [-0.2, -0.15) is 0 Å². The number of carboxylic acid groups (broad SMARTS) is 1. The second-order valence-corrected chi connectivity index (χ2v) is 7.08. The van der Waals surface area contributed by atoms with Crippen molar-refractivity contribution in [1.82, 2.24) is 0 Å². The lowest BCUT2D eigenvalue weighted by molar-refractivity contribution is -0.131. The van der Waals surface area contributed by atoms with Crippen LogP contribution in [0.2, 0.25) is 0 Å². The van der Waals surface area contributed by atoms with Gasteiger partial charge in [0.05, 0.1) is 12.4 Å². The lowest BCUT2D eigenvalue weighted by atomic mass is 10.1. The Labute approximate surface area is 125 Å². The van der Waals surface area contributed by atoms with Crippen LogP contribution >= 0.6 is 0 Å². The number of hydrogen-bond donors (Lipinski definition) is 1. The Hall–Kier alpha value is -1.82. The molecule has 5 nitrogen and oxygen atoms in total. The van der Waals surface area contributed by atoms with Gasteiger partial charge in [-0.15, -0.1) is 0 Å². The van der Waals surface area contributed by atoms with Crippen molar-refractivity contribution in [1.29, 1.82) is 0 Å². The van der Waals surface area contributed by atoms with Crippen LogP contribution in [0.25, 0.3) is 6.08 Å². The number of carbonyl (C=O) groups is 1. The normalized spacial score (nSPS) is 11.7. The predicted molar refractivity (Wildman–Crippen MR) is 82.3 cm³/mol. The molecule has 0 aromatic heterocycles. The molecule has 1 rings (SSSR count). The van der Waals surface area contributed by atoms with Crippen molar-refractivity contribution in [2.75, 3.05) is 18.1 Å². The van der Waals surface area contributed by atoms with Gasteiger partial charge < -0.3 is 9.84 Å². The number of benzene rings is 1. The number of para-hydroxylation sites is 1. The van der Waals surface area contributed by atoms with Crippen LogP contribution in [0.5, 0.6) is 5.75 Å². The highest BCUT2D eigenvalue weighted by Crippen LogP contribution is 2.24. The summed E-state index contributed by atoms with van der Waals surface area (Å²) in [6, 6.07) is 5.42. The van der Waals surface area contributed by atoms with Gasteiger partial charge in [0.2, 0.25) is 0 Å². The van der Waals surface area contributed by atoms with Crippen molar-refractivity contribution in [3.05, 3.63) is 35.4 Å². The Morgan fingerprint density at radius 3 is 2.71 bits per heavy atom. The fourth-order valence-electron chi connectivity index (χ4n) is 1.76. The van der Waals surface area contributed by atoms with Gasteiger partial charge in [-0.1, -0.05) is 25.1 Å². The molecule has 6 heteroatoms. The van der Waals surface area contributed by atoms with Crippen LogP contribution in [0, 0.1) is 6.92 Å². The molecule has 21 heavy (non-hydrogen) atoms. The van der Waals surface area contributed by atoms with E-state index in [0.717, 1.165) is 11.6 Å². The average molecular weight is 312 g/mol. The topological polar surface area (TPSA) is 80.7 Å². The van der Waals surface area contributed by atoms with Crippen LogP contribution in [-0.4, -0.2) is 37.6 Å². The van der Waals surface area contributed by atoms with Crippen LogP contribution in [0.4, 0.5) is 0 Å². The fourth-order valence-corrected chi connectivity index (χ4v) is 2.61. The van der Waals surface area contributed by atoms with E-state index in [1.807, 2.05) is 19.1 Å². The van der Waals surface area contributed by atoms with Crippen LogP contribution in [-0.2, 0) is 14.6 Å². The van der Waals surface area contributed by atoms with Gasteiger partial charge in [-0.3, -0.25) is 0 Å². The minimum Gasteiger partial charge on any atom is -0.493 e. The molecule has 0 saturated carbocycles. The first-order valence-electron chi connectivity index (χ1n) is 6.69. The summed E-state index contributed by atoms with van der Waals surface area (Å²) >= 11 is 0. The average Bonchev–Trinajstić information content (AvgIpc) is 2.43. The Kier molecular flexibility index (Phi) is 6.42. The van der Waals surface area contributed by atoms with E-state index in [0.29, 0.717) is 17.7 Å². The molecule has 0 saturated heterocycles. The molecular weight excluding hydrogens is 292 g/mol. The first kappa shape index (κ1) is 17.2. The van der Waals surface area contributed by atoms with Gasteiger partial charge in [-0.25, -0.2) is 13.2 Å². The summed E-state index contributed by atoms with van der Waals surface area (Å²) in [5.41, 5.74) is 1.54. The number of hydrogen-bond acceptors (Lipinski definition) is 4. The molecule has 0 bridgehead atoms. The molecule has 0 aliphatic rings. The highest BCUT2D eigenvalue weighted by molar-refractivity contribution is 7.91. The molecule has 0 amide bonds. The maximum atomic E-state index is 11.4. The van der Waals surface area contributed by atoms with Crippen LogP contribution < -0.4 is 4.74 Å². The molecule has 0 fully saturated rings. The molecule has 116 valence electrons. The number of rotatable bonds is 8. The largest absolute Gasteiger partial charge is 0.493 e. The van der Waals surface area contributed by atoms with Gasteiger partial charge in [0.1, 0.15) is 15.6 Å². The standard InChI is InChI=1S/C15H20O5S/c1-3-21(18,19)11-5-10-20-15-12(2)6-4-7-13(15)8-9-14(16)17/h4,6-9H,3,5,10-11H2,1-2H3,(H,16,17)/b9-8+. The summed E-state index contributed by atoms with van der Waals surface area (Å²) in [5, 5.41) is 8.67. The van der Waals surface area contributed by atoms with Gasteiger partial charge >= 0.3 is 5.97 Å². The summed E-state index contributed by atoms with van der Waals surface area (Å²) in [5.74, 6) is -0.222. The third-order valence-electron chi connectivity index (χ3n) is 2.93. The van der Waals surface area contributed by atoms with Crippen molar-refractivity contribution in [2.45, 2.75) is 20.3 Å². The highest BCUT2D eigenvalue weighted by atomic mass is 32.2. The van der Waals surface area contributed by atoms with Gasteiger partial charge in [-0.05, 0) is 25.0 Å². The minimum atomic E-state index is -2.99. The summed E-state index contributed by atoms with van der Waals surface area (Å²) in [6.45, 7) is 3.75. The summed E-state index contributed by atoms with van der Waals surface area (Å²) < 4.78 is 28.4. The van der Waals surface area contributed by atoms with Crippen molar-refractivity contribution in [3.63, 3.8) is 0 Å². The smallest absolute Gasteiger partial charge is 0.328 e. The second kappa shape index (κ2) is 7.83. The van der Waals surface area contributed by atoms with Gasteiger partial charge in [0.15, 0.2) is 0 Å². The zero-order chi connectivity index (χ0) is 15.9. The van der Waals surface area contributed by atoms with E-state index in [-0.39, 0.29) is 18.1 Å². The first-order chi connectivity index (χ1) is 9.85. The number of ether oxygens (including phenoxy) is 1. The van der Waals surface area contributed by atoms with E-state index in [9.17, 15) is 13.2 Å². The van der Waals surface area contributed by atoms with Crippen molar-refractivity contribution in [2.24, 2.45) is 0 Å². The maximum absolute atomic E-state index is 11.4. The molecule has 1 aromatic carbocycles. The zero-order valence-corrected chi connectivity index (χ0v) is 13.0. The number of sulfone groups is 1. The van der Waals surface area contributed by atoms with E-state index >= 15 is 0 Å².